The number of hydrogen-bond donors (Lipinski definition) is 1. The summed E-state index contributed by atoms with van der Waals surface area (Å²) in [5.41, 5.74) is 0.946. The minimum absolute atomic E-state index is 0.0606. The van der Waals surface area contributed by atoms with E-state index in [0.29, 0.717) is 24.7 Å². The second-order valence-corrected chi connectivity index (χ2v) is 5.73. The van der Waals surface area contributed by atoms with E-state index in [0.717, 1.165) is 5.56 Å². The molecule has 0 unspecified atom stereocenters. The van der Waals surface area contributed by atoms with Gasteiger partial charge >= 0.3 is 11.8 Å². The molecular weight excluding hydrogens is 292 g/mol. The molecule has 1 aliphatic rings. The molecule has 1 N–H and O–H groups in total. The van der Waals surface area contributed by atoms with Gasteiger partial charge < -0.3 is 15.0 Å². The third-order valence-corrected chi connectivity index (χ3v) is 3.46. The van der Waals surface area contributed by atoms with Gasteiger partial charge in [-0.2, -0.15) is 0 Å². The third-order valence-electron chi connectivity index (χ3n) is 3.21. The Morgan fingerprint density at radius 1 is 1.33 bits per heavy atom. The summed E-state index contributed by atoms with van der Waals surface area (Å²) < 4.78 is 5.68. The lowest BCUT2D eigenvalue weighted by Gasteiger charge is -2.32. The number of carbonyl (C=O) groups is 2. The third kappa shape index (κ3) is 4.19. The average molecular weight is 311 g/mol. The normalized spacial score (nSPS) is 18.7. The average Bonchev–Trinajstić information content (AvgIpc) is 2.46. The molecule has 5 nitrogen and oxygen atoms in total. The van der Waals surface area contributed by atoms with Crippen LogP contribution in [0.2, 0.25) is 5.02 Å². The van der Waals surface area contributed by atoms with Crippen LogP contribution in [-0.4, -0.2) is 42.5 Å². The Morgan fingerprint density at radius 3 is 2.62 bits per heavy atom. The first-order valence-electron chi connectivity index (χ1n) is 6.94. The van der Waals surface area contributed by atoms with Gasteiger partial charge in [-0.25, -0.2) is 0 Å². The summed E-state index contributed by atoms with van der Waals surface area (Å²) in [6.07, 6.45) is -0.230. The quantitative estimate of drug-likeness (QED) is 0.847. The van der Waals surface area contributed by atoms with Gasteiger partial charge in [-0.3, -0.25) is 9.59 Å². The minimum Gasteiger partial charge on any atom is -0.370 e. The lowest BCUT2D eigenvalue weighted by Crippen LogP contribution is -2.49. The summed E-state index contributed by atoms with van der Waals surface area (Å²) in [6, 6.07) is 7.25. The number of ether oxygens (including phenoxy) is 1. The predicted molar refractivity (Wildman–Crippen MR) is 80.0 cm³/mol. The fourth-order valence-electron chi connectivity index (χ4n) is 2.18. The van der Waals surface area contributed by atoms with Gasteiger partial charge in [-0.15, -0.1) is 0 Å². The molecule has 0 aliphatic carbocycles. The maximum Gasteiger partial charge on any atom is 0.312 e. The van der Waals surface area contributed by atoms with Crippen LogP contribution in [0, 0.1) is 0 Å². The summed E-state index contributed by atoms with van der Waals surface area (Å²) in [7, 11) is 0. The molecule has 2 amide bonds. The fraction of sp³-hybridized carbons (Fsp3) is 0.467. The summed E-state index contributed by atoms with van der Waals surface area (Å²) in [4.78, 5) is 25.4. The van der Waals surface area contributed by atoms with Crippen molar-refractivity contribution in [2.75, 3.05) is 19.7 Å². The van der Waals surface area contributed by atoms with Crippen LogP contribution in [0.4, 0.5) is 0 Å². The van der Waals surface area contributed by atoms with Crippen molar-refractivity contribution in [1.82, 2.24) is 10.2 Å². The number of hydrogen-bond acceptors (Lipinski definition) is 3. The maximum absolute atomic E-state index is 12.1. The molecule has 0 spiro atoms. The highest BCUT2D eigenvalue weighted by atomic mass is 35.5. The van der Waals surface area contributed by atoms with Crippen molar-refractivity contribution in [3.8, 4) is 0 Å². The van der Waals surface area contributed by atoms with Crippen LogP contribution in [0.15, 0.2) is 24.3 Å². The second kappa shape index (κ2) is 6.91. The number of nitrogens with zero attached hydrogens (tertiary/aromatic N) is 1. The van der Waals surface area contributed by atoms with Gasteiger partial charge in [0.1, 0.15) is 6.10 Å². The molecule has 0 radical (unpaired) electrons. The van der Waals surface area contributed by atoms with Gasteiger partial charge in [0, 0.05) is 17.6 Å². The number of amides is 2. The van der Waals surface area contributed by atoms with E-state index in [1.54, 1.807) is 12.1 Å². The van der Waals surface area contributed by atoms with E-state index < -0.39 is 11.8 Å². The first-order chi connectivity index (χ1) is 9.97. The number of rotatable bonds is 2. The fourth-order valence-corrected chi connectivity index (χ4v) is 2.31. The van der Waals surface area contributed by atoms with Crippen LogP contribution >= 0.6 is 11.6 Å². The first-order valence-corrected chi connectivity index (χ1v) is 7.32. The number of nitrogens with one attached hydrogen (secondary N) is 1. The number of carbonyl (C=O) groups excluding carboxylic acids is 2. The smallest absolute Gasteiger partial charge is 0.312 e. The van der Waals surface area contributed by atoms with Gasteiger partial charge in [-0.05, 0) is 31.5 Å². The number of halogens is 1. The Hall–Kier alpha value is -1.59. The molecule has 0 aromatic heterocycles. The highest BCUT2D eigenvalue weighted by molar-refractivity contribution is 6.35. The summed E-state index contributed by atoms with van der Waals surface area (Å²) in [6.45, 7) is 4.84. The lowest BCUT2D eigenvalue weighted by atomic mass is 10.1. The maximum atomic E-state index is 12.1. The topological polar surface area (TPSA) is 58.6 Å². The van der Waals surface area contributed by atoms with Crippen molar-refractivity contribution in [3.05, 3.63) is 34.9 Å². The van der Waals surface area contributed by atoms with E-state index in [9.17, 15) is 9.59 Å². The van der Waals surface area contributed by atoms with Crippen LogP contribution in [-0.2, 0) is 14.3 Å². The van der Waals surface area contributed by atoms with Crippen molar-refractivity contribution in [2.24, 2.45) is 0 Å². The van der Waals surface area contributed by atoms with Crippen LogP contribution in [0.5, 0.6) is 0 Å². The van der Waals surface area contributed by atoms with Crippen LogP contribution in [0.1, 0.15) is 25.5 Å². The molecule has 21 heavy (non-hydrogen) atoms. The highest BCUT2D eigenvalue weighted by Crippen LogP contribution is 2.23. The highest BCUT2D eigenvalue weighted by Gasteiger charge is 2.29. The van der Waals surface area contributed by atoms with E-state index in [1.807, 2.05) is 26.0 Å². The first kappa shape index (κ1) is 15.8. The van der Waals surface area contributed by atoms with Crippen LogP contribution in [0.3, 0.4) is 0 Å². The molecule has 1 aromatic carbocycles. The molecule has 2 rings (SSSR count). The molecule has 1 aromatic rings. The minimum atomic E-state index is -0.568. The molecule has 114 valence electrons. The monoisotopic (exact) mass is 310 g/mol. The zero-order valence-electron chi connectivity index (χ0n) is 12.1. The Morgan fingerprint density at radius 2 is 2.00 bits per heavy atom. The zero-order valence-corrected chi connectivity index (χ0v) is 12.9. The largest absolute Gasteiger partial charge is 0.370 e. The van der Waals surface area contributed by atoms with E-state index >= 15 is 0 Å². The number of morpholine rings is 1. The van der Waals surface area contributed by atoms with Crippen LogP contribution < -0.4 is 5.32 Å². The van der Waals surface area contributed by atoms with E-state index in [-0.39, 0.29) is 12.1 Å². The molecule has 1 aliphatic heterocycles. The number of benzene rings is 1. The summed E-state index contributed by atoms with van der Waals surface area (Å²) >= 11 is 5.86. The molecule has 1 heterocycles. The van der Waals surface area contributed by atoms with Crippen molar-refractivity contribution in [3.63, 3.8) is 0 Å². The molecule has 0 saturated carbocycles. The SMILES string of the molecule is CC(C)NC(=O)C(=O)N1CCO[C@H](c2ccc(Cl)cc2)C1. The molecule has 1 fully saturated rings. The van der Waals surface area contributed by atoms with Gasteiger partial charge in [0.25, 0.3) is 0 Å². The molecule has 1 saturated heterocycles. The van der Waals surface area contributed by atoms with E-state index in [1.165, 1.54) is 4.90 Å². The molecule has 0 bridgehead atoms. The molecular formula is C15H19ClN2O3. The van der Waals surface area contributed by atoms with Gasteiger partial charge in [0.05, 0.1) is 13.2 Å². The van der Waals surface area contributed by atoms with Crippen molar-refractivity contribution in [2.45, 2.75) is 26.0 Å². The molecule has 6 heteroatoms. The van der Waals surface area contributed by atoms with Crippen molar-refractivity contribution < 1.29 is 14.3 Å². The zero-order chi connectivity index (χ0) is 15.4. The van der Waals surface area contributed by atoms with Crippen LogP contribution in [0.25, 0.3) is 0 Å². The van der Waals surface area contributed by atoms with Gasteiger partial charge in [0.15, 0.2) is 0 Å². The predicted octanol–water partition coefficient (Wildman–Crippen LogP) is 1.76. The van der Waals surface area contributed by atoms with E-state index in [2.05, 4.69) is 5.32 Å². The second-order valence-electron chi connectivity index (χ2n) is 5.29. The molecule has 1 atom stereocenters. The van der Waals surface area contributed by atoms with Gasteiger partial charge in [0.2, 0.25) is 0 Å². The Balaban J connectivity index is 2.02. The van der Waals surface area contributed by atoms with Gasteiger partial charge in [-0.1, -0.05) is 23.7 Å². The summed E-state index contributed by atoms with van der Waals surface area (Å²) in [5.74, 6) is -1.08. The Kier molecular flexibility index (Phi) is 5.20. The van der Waals surface area contributed by atoms with Crippen molar-refractivity contribution >= 4 is 23.4 Å². The Labute approximate surface area is 129 Å². The lowest BCUT2D eigenvalue weighted by molar-refractivity contribution is -0.151. The standard InChI is InChI=1S/C15H19ClN2O3/c1-10(2)17-14(19)15(20)18-7-8-21-13(9-18)11-3-5-12(16)6-4-11/h3-6,10,13H,7-9H2,1-2H3,(H,17,19)/t13-/m0/s1. The van der Waals surface area contributed by atoms with Crippen molar-refractivity contribution in [1.29, 1.82) is 0 Å². The van der Waals surface area contributed by atoms with E-state index in [4.69, 9.17) is 16.3 Å². The Bertz CT molecular complexity index is 516. The summed E-state index contributed by atoms with van der Waals surface area (Å²) in [5, 5.41) is 3.27.